The normalized spacial score (nSPS) is 21.4. The van der Waals surface area contributed by atoms with Crippen LogP contribution in [0.2, 0.25) is 0 Å². The van der Waals surface area contributed by atoms with Crippen molar-refractivity contribution in [1.29, 1.82) is 0 Å². The summed E-state index contributed by atoms with van der Waals surface area (Å²) >= 11 is 9.35. The van der Waals surface area contributed by atoms with Crippen molar-refractivity contribution in [2.24, 2.45) is 14.8 Å². The number of anilines is 1. The van der Waals surface area contributed by atoms with Gasteiger partial charge in [-0.15, -0.1) is 4.40 Å². The lowest BCUT2D eigenvalue weighted by Gasteiger charge is -2.25. The third kappa shape index (κ3) is 6.22. The molecule has 1 aromatic rings. The number of aromatic hydroxyl groups is 1. The predicted octanol–water partition coefficient (Wildman–Crippen LogP) is 3.59. The van der Waals surface area contributed by atoms with E-state index in [1.807, 2.05) is 26.8 Å². The Morgan fingerprint density at radius 1 is 1.44 bits per heavy atom. The highest BCUT2D eigenvalue weighted by Crippen LogP contribution is 2.35. The maximum atomic E-state index is 12.5. The van der Waals surface area contributed by atoms with Gasteiger partial charge in [0.25, 0.3) is 5.91 Å². The third-order valence-electron chi connectivity index (χ3n) is 4.85. The number of amides is 1. The molecule has 3 N–H and O–H groups in total. The van der Waals surface area contributed by atoms with E-state index >= 15 is 0 Å². The molecule has 0 aromatic heterocycles. The molecule has 10 nitrogen and oxygen atoms in total. The lowest BCUT2D eigenvalue weighted by molar-refractivity contribution is 0.0824. The summed E-state index contributed by atoms with van der Waals surface area (Å²) in [4.78, 5) is 18.4. The molecule has 0 spiro atoms. The van der Waals surface area contributed by atoms with Gasteiger partial charge in [0.05, 0.1) is 11.3 Å². The van der Waals surface area contributed by atoms with Gasteiger partial charge in [-0.25, -0.2) is 4.72 Å². The van der Waals surface area contributed by atoms with Gasteiger partial charge in [0, 0.05) is 25.0 Å². The summed E-state index contributed by atoms with van der Waals surface area (Å²) in [6.45, 7) is 6.09. The molecular formula is C21H27BrClN5O5S. The molecule has 2 heterocycles. The van der Waals surface area contributed by atoms with Crippen molar-refractivity contribution in [3.05, 3.63) is 34.0 Å². The van der Waals surface area contributed by atoms with Gasteiger partial charge in [0.1, 0.15) is 11.8 Å². The Kier molecular flexibility index (Phi) is 7.54. The summed E-state index contributed by atoms with van der Waals surface area (Å²) in [5.41, 5.74) is -0.553. The molecule has 3 rings (SSSR count). The topological polar surface area (TPSA) is 133 Å². The number of amidine groups is 2. The molecule has 1 unspecified atom stereocenters. The van der Waals surface area contributed by atoms with Gasteiger partial charge in [-0.3, -0.25) is 9.79 Å². The van der Waals surface area contributed by atoms with Crippen LogP contribution in [-0.4, -0.2) is 61.7 Å². The molecular weight excluding hydrogens is 550 g/mol. The number of carbonyl (C=O) groups is 1. The van der Waals surface area contributed by atoms with Gasteiger partial charge in [-0.05, 0) is 46.0 Å². The molecule has 0 fully saturated rings. The van der Waals surface area contributed by atoms with E-state index in [-0.39, 0.29) is 34.1 Å². The number of phenols is 1. The number of carbonyl (C=O) groups excluding carboxylic acids is 1. The minimum Gasteiger partial charge on any atom is -0.505 e. The maximum absolute atomic E-state index is 12.5. The lowest BCUT2D eigenvalue weighted by atomic mass is 9.87. The molecule has 13 heteroatoms. The Morgan fingerprint density at radius 3 is 2.68 bits per heavy atom. The number of nitrogens with zero attached hydrogens (tertiary/aromatic N) is 3. The fourth-order valence-corrected chi connectivity index (χ4v) is 4.85. The van der Waals surface area contributed by atoms with Gasteiger partial charge in [0.2, 0.25) is 0 Å². The summed E-state index contributed by atoms with van der Waals surface area (Å²) in [6.07, 6.45) is 2.90. The Labute approximate surface area is 212 Å². The molecule has 0 radical (unpaired) electrons. The van der Waals surface area contributed by atoms with Crippen molar-refractivity contribution >= 4 is 61.0 Å². The molecule has 2 aliphatic rings. The second-order valence-corrected chi connectivity index (χ2v) is 12.0. The summed E-state index contributed by atoms with van der Waals surface area (Å²) in [7, 11) is -0.951. The first-order valence-electron chi connectivity index (χ1n) is 10.4. The summed E-state index contributed by atoms with van der Waals surface area (Å²) < 4.78 is 36.6. The van der Waals surface area contributed by atoms with E-state index in [0.29, 0.717) is 23.1 Å². The molecule has 0 bridgehead atoms. The number of ether oxygens (including phenoxy) is 1. The van der Waals surface area contributed by atoms with Crippen molar-refractivity contribution in [2.45, 2.75) is 45.2 Å². The molecule has 0 saturated carbocycles. The maximum Gasteiger partial charge on any atom is 0.345 e. The van der Waals surface area contributed by atoms with E-state index < -0.39 is 27.7 Å². The quantitative estimate of drug-likeness (QED) is 0.363. The predicted molar refractivity (Wildman–Crippen MR) is 136 cm³/mol. The summed E-state index contributed by atoms with van der Waals surface area (Å²) in [6, 6.07) is 2.54. The number of halogens is 2. The first kappa shape index (κ1) is 26.3. The SMILES string of the molecule is CN(C)C(=O)c1c(Br)ccc(NC2=NS(=O)(=O)NC2=N[C@H](CC(C)(C)C)C2=CCC(Cl)O2)c1O. The highest BCUT2D eigenvalue weighted by Gasteiger charge is 2.33. The number of alkyl halides is 1. The van der Waals surface area contributed by atoms with Crippen LogP contribution in [-0.2, 0) is 14.9 Å². The number of benzene rings is 1. The van der Waals surface area contributed by atoms with Crippen LogP contribution in [0.25, 0.3) is 0 Å². The van der Waals surface area contributed by atoms with Crippen LogP contribution in [0.1, 0.15) is 44.0 Å². The van der Waals surface area contributed by atoms with Crippen molar-refractivity contribution in [3.8, 4) is 5.75 Å². The van der Waals surface area contributed by atoms with Crippen LogP contribution in [0.3, 0.4) is 0 Å². The zero-order chi connectivity index (χ0) is 25.4. The van der Waals surface area contributed by atoms with Gasteiger partial charge >= 0.3 is 10.2 Å². The Balaban J connectivity index is 2.00. The summed E-state index contributed by atoms with van der Waals surface area (Å²) in [5, 5.41) is 13.5. The molecule has 1 amide bonds. The first-order valence-corrected chi connectivity index (χ1v) is 13.1. The van der Waals surface area contributed by atoms with Crippen molar-refractivity contribution < 1.29 is 23.1 Å². The lowest BCUT2D eigenvalue weighted by Crippen LogP contribution is -2.33. The fraction of sp³-hybridized carbons (Fsp3) is 0.476. The average molecular weight is 577 g/mol. The van der Waals surface area contributed by atoms with Crippen LogP contribution in [0.4, 0.5) is 5.69 Å². The smallest absolute Gasteiger partial charge is 0.345 e. The molecule has 186 valence electrons. The van der Waals surface area contributed by atoms with Crippen molar-refractivity contribution in [3.63, 3.8) is 0 Å². The van der Waals surface area contributed by atoms with Crippen LogP contribution < -0.4 is 10.0 Å². The Hall–Kier alpha value is -2.31. The van der Waals surface area contributed by atoms with E-state index in [0.717, 1.165) is 0 Å². The highest BCUT2D eigenvalue weighted by molar-refractivity contribution is 9.10. The molecule has 0 saturated heterocycles. The zero-order valence-electron chi connectivity index (χ0n) is 19.4. The van der Waals surface area contributed by atoms with Crippen molar-refractivity contribution in [2.75, 3.05) is 19.4 Å². The van der Waals surface area contributed by atoms with Gasteiger partial charge in [-0.2, -0.15) is 8.42 Å². The van der Waals surface area contributed by atoms with E-state index in [1.54, 1.807) is 20.2 Å². The fourth-order valence-electron chi connectivity index (χ4n) is 3.36. The molecule has 34 heavy (non-hydrogen) atoms. The minimum atomic E-state index is -4.06. The van der Waals surface area contributed by atoms with Crippen LogP contribution in [0.5, 0.6) is 5.75 Å². The monoisotopic (exact) mass is 575 g/mol. The molecule has 1 aromatic carbocycles. The summed E-state index contributed by atoms with van der Waals surface area (Å²) in [5.74, 6) is -0.414. The molecule has 2 aliphatic heterocycles. The number of hydrogen-bond acceptors (Lipinski definition) is 7. The van der Waals surface area contributed by atoms with Crippen LogP contribution in [0, 0.1) is 5.41 Å². The number of hydrogen-bond donors (Lipinski definition) is 3. The Morgan fingerprint density at radius 2 is 2.12 bits per heavy atom. The van der Waals surface area contributed by atoms with Crippen molar-refractivity contribution in [1.82, 2.24) is 9.62 Å². The van der Waals surface area contributed by atoms with Gasteiger partial charge in [0.15, 0.2) is 23.0 Å². The van der Waals surface area contributed by atoms with Gasteiger partial charge in [-0.1, -0.05) is 32.4 Å². The average Bonchev–Trinajstić information content (AvgIpc) is 3.24. The first-order chi connectivity index (χ1) is 15.7. The van der Waals surface area contributed by atoms with E-state index in [1.165, 1.54) is 11.0 Å². The second kappa shape index (κ2) is 9.74. The number of rotatable bonds is 5. The number of aliphatic imine (C=N–C) groups is 1. The highest BCUT2D eigenvalue weighted by atomic mass is 79.9. The molecule has 0 aliphatic carbocycles. The molecule has 2 atom stereocenters. The zero-order valence-corrected chi connectivity index (χ0v) is 22.5. The minimum absolute atomic E-state index is 0.0196. The second-order valence-electron chi connectivity index (χ2n) is 9.29. The number of nitrogens with one attached hydrogen (secondary N) is 2. The largest absolute Gasteiger partial charge is 0.505 e. The van der Waals surface area contributed by atoms with E-state index in [4.69, 9.17) is 16.3 Å². The van der Waals surface area contributed by atoms with E-state index in [9.17, 15) is 18.3 Å². The van der Waals surface area contributed by atoms with Crippen LogP contribution >= 0.6 is 27.5 Å². The Bertz CT molecular complexity index is 1190. The third-order valence-corrected chi connectivity index (χ3v) is 6.65. The van der Waals surface area contributed by atoms with Crippen LogP contribution in [0.15, 0.2) is 37.8 Å². The number of phenolic OH excluding ortho intramolecular Hbond substituents is 1. The van der Waals surface area contributed by atoms with E-state index in [2.05, 4.69) is 35.4 Å². The van der Waals surface area contributed by atoms with Gasteiger partial charge < -0.3 is 20.1 Å². The standard InChI is InChI=1S/C21H27BrClN5O5S/c1-21(2,3)10-13(14-8-9-15(23)33-14)25-19-18(26-34(31,32)27-19)24-12-7-6-11(22)16(17(12)29)20(30)28(4)5/h6-8,13,15,29H,9-10H2,1-5H3,(H,24,26)(H,25,27)/t13-,15?/m1/s1.